The average molecular weight is 591 g/mol. The molecule has 4 aromatic rings. The van der Waals surface area contributed by atoms with Crippen LogP contribution in [0.4, 0.5) is 0 Å². The molecule has 182 valence electrons. The molecule has 0 spiro atoms. The summed E-state index contributed by atoms with van der Waals surface area (Å²) in [6, 6.07) is 22.4. The zero-order valence-electron chi connectivity index (χ0n) is 22.1. The van der Waals surface area contributed by atoms with Crippen LogP contribution in [0.2, 0.25) is 13.1 Å². The molecule has 4 heteroatoms. The first-order valence-corrected chi connectivity index (χ1v) is 20.3. The molecule has 0 atom stereocenters. The van der Waals surface area contributed by atoms with Crippen molar-refractivity contribution in [1.29, 1.82) is 0 Å². The molecule has 0 aliphatic heterocycles. The van der Waals surface area contributed by atoms with Gasteiger partial charge in [-0.3, -0.25) is 0 Å². The quantitative estimate of drug-likeness (QED) is 0.164. The number of hydrogen-bond donors (Lipinski definition) is 0. The maximum absolute atomic E-state index is 4.93. The molecule has 0 fully saturated rings. The third-order valence-electron chi connectivity index (χ3n) is 5.23. The summed E-state index contributed by atoms with van der Waals surface area (Å²) in [7, 11) is 11.0. The summed E-state index contributed by atoms with van der Waals surface area (Å²) in [5.74, 6) is 1.46. The Morgan fingerprint density at radius 3 is 1.35 bits per heavy atom. The Morgan fingerprint density at radius 2 is 1.06 bits per heavy atom. The van der Waals surface area contributed by atoms with Gasteiger partial charge in [-0.2, -0.15) is 12.1 Å². The first kappa shape index (κ1) is 31.4. The minimum atomic E-state index is -0.826. The Balaban J connectivity index is 0.000000277. The van der Waals surface area contributed by atoms with E-state index in [4.69, 9.17) is 17.0 Å². The fourth-order valence-corrected chi connectivity index (χ4v) is 4.13. The molecule has 2 radical (unpaired) electrons. The molecular weight excluding hydrogens is 551 g/mol. The van der Waals surface area contributed by atoms with E-state index in [0.29, 0.717) is 0 Å². The van der Waals surface area contributed by atoms with Gasteiger partial charge in [-0.05, 0) is 24.7 Å². The van der Waals surface area contributed by atoms with Gasteiger partial charge >= 0.3 is 37.9 Å². The van der Waals surface area contributed by atoms with E-state index in [1.807, 2.05) is 0 Å². The Labute approximate surface area is 229 Å². The van der Waals surface area contributed by atoms with Crippen LogP contribution in [0.15, 0.2) is 60.7 Å². The number of hydrogen-bond acceptors (Lipinski definition) is 0. The summed E-state index contributed by atoms with van der Waals surface area (Å²) in [5, 5.41) is 5.67. The Bertz CT molecular complexity index is 1000. The van der Waals surface area contributed by atoms with E-state index in [1.54, 1.807) is 0 Å². The van der Waals surface area contributed by atoms with Gasteiger partial charge in [0.25, 0.3) is 0 Å². The van der Waals surface area contributed by atoms with Gasteiger partial charge in [0.05, 0.1) is 0 Å². The van der Waals surface area contributed by atoms with Gasteiger partial charge in [0.1, 0.15) is 0 Å². The first-order valence-electron chi connectivity index (χ1n) is 12.0. The van der Waals surface area contributed by atoms with Crippen molar-refractivity contribution in [2.24, 2.45) is 11.8 Å². The summed E-state index contributed by atoms with van der Waals surface area (Å²) in [6.07, 6.45) is 2.36. The molecule has 0 aliphatic carbocycles. The topological polar surface area (TPSA) is 0 Å². The molecule has 0 aromatic heterocycles. The van der Waals surface area contributed by atoms with Crippen LogP contribution < -0.4 is 0 Å². The van der Waals surface area contributed by atoms with Crippen molar-refractivity contribution in [2.45, 2.75) is 67.5 Å². The predicted octanol–water partition coefficient (Wildman–Crippen LogP) is 10.3. The summed E-state index contributed by atoms with van der Waals surface area (Å²) in [5.41, 5.74) is 5.73. The molecular formula is C30H40Cl2SiZr. The van der Waals surface area contributed by atoms with Gasteiger partial charge in [0, 0.05) is 9.52 Å². The van der Waals surface area contributed by atoms with Gasteiger partial charge in [-0.25, -0.2) is 0 Å². The van der Waals surface area contributed by atoms with Gasteiger partial charge in [0.2, 0.25) is 0 Å². The van der Waals surface area contributed by atoms with E-state index in [1.165, 1.54) is 56.6 Å². The van der Waals surface area contributed by atoms with Crippen molar-refractivity contribution in [2.75, 3.05) is 0 Å². The summed E-state index contributed by atoms with van der Waals surface area (Å²) < 4.78 is 0. The van der Waals surface area contributed by atoms with E-state index in [-0.39, 0.29) is 0 Å². The molecule has 0 heterocycles. The third kappa shape index (κ3) is 10.9. The normalized spacial score (nSPS) is 10.2. The fraction of sp³-hybridized carbons (Fsp3) is 0.400. The molecule has 4 rings (SSSR count). The number of rotatable bonds is 4. The van der Waals surface area contributed by atoms with Crippen LogP contribution in [-0.4, -0.2) is 9.52 Å². The standard InChI is InChI=1S/2C14H17.C2H6Si.2ClH.Zr/c2*1-10(2)7-12-5-4-6-13-8-11(3)9-14(12)13;1-3-2;;;/h2*4-6,8-10H,7H2,1-3H3;1-2H3;2*1H;/q2*-1;;;;+4/p-2. The monoisotopic (exact) mass is 588 g/mol. The van der Waals surface area contributed by atoms with Crippen molar-refractivity contribution in [3.05, 3.63) is 82.9 Å². The van der Waals surface area contributed by atoms with Crippen LogP contribution in [0.1, 0.15) is 49.9 Å². The average Bonchev–Trinajstić information content (AvgIpc) is 3.31. The molecule has 0 saturated heterocycles. The second-order valence-corrected chi connectivity index (χ2v) is 14.4. The number of aryl methyl sites for hydroxylation is 2. The van der Waals surface area contributed by atoms with Crippen LogP contribution >= 0.6 is 17.0 Å². The number of benzene rings is 2. The molecule has 0 amide bonds. The molecule has 0 nitrogen and oxygen atoms in total. The van der Waals surface area contributed by atoms with Crippen molar-refractivity contribution >= 4 is 48.1 Å². The number of fused-ring (bicyclic) bond motifs is 2. The minimum absolute atomic E-state index is 0.732. The van der Waals surface area contributed by atoms with E-state index in [2.05, 4.69) is 115 Å². The van der Waals surface area contributed by atoms with Crippen molar-refractivity contribution in [1.82, 2.24) is 0 Å². The second-order valence-electron chi connectivity index (χ2n) is 9.67. The van der Waals surface area contributed by atoms with Crippen molar-refractivity contribution < 1.29 is 20.8 Å². The SMILES string of the molecule is C[Si]C.Cc1cc2c(CC(C)C)cccc2[cH-]1.Cc1cc2c(CC(C)C)cccc2[cH-]1.[Cl][Zr+2][Cl]. The first-order chi connectivity index (χ1) is 16.2. The summed E-state index contributed by atoms with van der Waals surface area (Å²) >= 11 is -0.826. The second kappa shape index (κ2) is 16.9. The van der Waals surface area contributed by atoms with Gasteiger partial charge in [-0.15, -0.1) is 69.1 Å². The van der Waals surface area contributed by atoms with Crippen molar-refractivity contribution in [3.8, 4) is 0 Å². The molecule has 0 saturated carbocycles. The van der Waals surface area contributed by atoms with Crippen LogP contribution in [-0.2, 0) is 33.7 Å². The predicted molar refractivity (Wildman–Crippen MR) is 155 cm³/mol. The molecule has 34 heavy (non-hydrogen) atoms. The maximum atomic E-state index is 4.93. The van der Waals surface area contributed by atoms with Crippen molar-refractivity contribution in [3.63, 3.8) is 0 Å². The molecule has 0 aliphatic rings. The third-order valence-corrected chi connectivity index (χ3v) is 5.23. The van der Waals surface area contributed by atoms with Gasteiger partial charge in [0.15, 0.2) is 0 Å². The molecule has 0 unspecified atom stereocenters. The molecule has 0 N–H and O–H groups in total. The summed E-state index contributed by atoms with van der Waals surface area (Å²) in [4.78, 5) is 0. The van der Waals surface area contributed by atoms with E-state index >= 15 is 0 Å². The fourth-order valence-electron chi connectivity index (χ4n) is 4.13. The van der Waals surface area contributed by atoms with E-state index in [0.717, 1.165) is 21.4 Å². The number of halogens is 2. The zero-order valence-corrected chi connectivity index (χ0v) is 27.1. The van der Waals surface area contributed by atoms with E-state index < -0.39 is 20.8 Å². The van der Waals surface area contributed by atoms with Gasteiger partial charge in [-0.1, -0.05) is 77.9 Å². The summed E-state index contributed by atoms with van der Waals surface area (Å²) in [6.45, 7) is 17.7. The van der Waals surface area contributed by atoms with Crippen LogP contribution in [0.3, 0.4) is 0 Å². The zero-order chi connectivity index (χ0) is 25.7. The Hall–Kier alpha value is -0.660. The van der Waals surface area contributed by atoms with E-state index in [9.17, 15) is 0 Å². The van der Waals surface area contributed by atoms with Gasteiger partial charge < -0.3 is 0 Å². The Morgan fingerprint density at radius 1 is 0.735 bits per heavy atom. The van der Waals surface area contributed by atoms with Crippen LogP contribution in [0.5, 0.6) is 0 Å². The van der Waals surface area contributed by atoms with Crippen LogP contribution in [0, 0.1) is 25.7 Å². The molecule has 0 bridgehead atoms. The Kier molecular flexibility index (Phi) is 15.6. The molecule has 4 aromatic carbocycles. The van der Waals surface area contributed by atoms with Crippen LogP contribution in [0.25, 0.3) is 21.5 Å².